The molecule has 0 radical (unpaired) electrons. The lowest BCUT2D eigenvalue weighted by atomic mass is 9.83. The second-order valence-corrected chi connectivity index (χ2v) is 15.9. The third-order valence-corrected chi connectivity index (χ3v) is 12.4. The normalized spacial score (nSPS) is 18.7. The van der Waals surface area contributed by atoms with Crippen LogP contribution in [0.2, 0.25) is 24.7 Å². The lowest BCUT2D eigenvalue weighted by Crippen LogP contribution is -2.34. The average molecular weight is 479 g/mol. The standard InChI is InChI=1S/C30H36F2OSi/c1-4-5-20-34(2,3)26-16-12-24(13-17-26)28-19-18-27(29(31)30(28)32)23-8-6-21(7-9-23)22-10-14-25(33)15-11-22/h6-11,14-15,18-19,24,26,33H,4-5,12-13,16-17,20H2,1-3H3. The SMILES string of the molecule is CCCC[Si](C)(C)C1CCC(c2ccc(-c3ccc(-c4ccc(O)cc4)cc3)c(F)c2F)CC1. The summed E-state index contributed by atoms with van der Waals surface area (Å²) in [5.74, 6) is -1.08. The van der Waals surface area contributed by atoms with Crippen LogP contribution >= 0.6 is 0 Å². The fourth-order valence-electron chi connectivity index (χ4n) is 5.62. The minimum Gasteiger partial charge on any atom is -0.508 e. The molecule has 0 spiro atoms. The van der Waals surface area contributed by atoms with Gasteiger partial charge in [0.25, 0.3) is 0 Å². The number of benzene rings is 3. The fourth-order valence-corrected chi connectivity index (χ4v) is 9.19. The van der Waals surface area contributed by atoms with Gasteiger partial charge in [-0.15, -0.1) is 0 Å². The second kappa shape index (κ2) is 10.4. The van der Waals surface area contributed by atoms with Gasteiger partial charge in [0.05, 0.1) is 8.07 Å². The molecule has 0 heterocycles. The Morgan fingerprint density at radius 1 is 0.765 bits per heavy atom. The number of halogens is 2. The maximum absolute atomic E-state index is 15.2. The Morgan fingerprint density at radius 3 is 1.91 bits per heavy atom. The predicted octanol–water partition coefficient (Wildman–Crippen LogP) is 9.54. The van der Waals surface area contributed by atoms with Gasteiger partial charge in [0.15, 0.2) is 11.6 Å². The molecule has 1 nitrogen and oxygen atoms in total. The van der Waals surface area contributed by atoms with Gasteiger partial charge in [-0.05, 0) is 58.7 Å². The molecule has 0 aliphatic heterocycles. The van der Waals surface area contributed by atoms with Crippen LogP contribution in [0.3, 0.4) is 0 Å². The van der Waals surface area contributed by atoms with Crippen molar-refractivity contribution in [3.63, 3.8) is 0 Å². The third kappa shape index (κ3) is 5.27. The summed E-state index contributed by atoms with van der Waals surface area (Å²) in [6.07, 6.45) is 6.79. The molecule has 0 bridgehead atoms. The first-order chi connectivity index (χ1) is 16.3. The highest BCUT2D eigenvalue weighted by Crippen LogP contribution is 2.46. The van der Waals surface area contributed by atoms with E-state index in [1.54, 1.807) is 18.2 Å². The molecule has 34 heavy (non-hydrogen) atoms. The summed E-state index contributed by atoms with van der Waals surface area (Å²) in [6, 6.07) is 19.3. The van der Waals surface area contributed by atoms with Gasteiger partial charge < -0.3 is 5.11 Å². The molecule has 1 fully saturated rings. The summed E-state index contributed by atoms with van der Waals surface area (Å²) < 4.78 is 30.4. The molecule has 0 amide bonds. The highest BCUT2D eigenvalue weighted by atomic mass is 28.3. The molecule has 0 unspecified atom stereocenters. The van der Waals surface area contributed by atoms with E-state index in [0.717, 1.165) is 42.4 Å². The van der Waals surface area contributed by atoms with Gasteiger partial charge in [0.1, 0.15) is 5.75 Å². The molecule has 3 aromatic carbocycles. The van der Waals surface area contributed by atoms with E-state index in [2.05, 4.69) is 20.0 Å². The summed E-state index contributed by atoms with van der Waals surface area (Å²) in [4.78, 5) is 0. The van der Waals surface area contributed by atoms with Crippen molar-refractivity contribution in [2.24, 2.45) is 0 Å². The van der Waals surface area contributed by atoms with Gasteiger partial charge in [-0.2, -0.15) is 0 Å². The molecule has 4 rings (SSSR count). The predicted molar refractivity (Wildman–Crippen MR) is 141 cm³/mol. The highest BCUT2D eigenvalue weighted by molar-refractivity contribution is 6.78. The smallest absolute Gasteiger partial charge is 0.166 e. The number of aromatic hydroxyl groups is 1. The Bertz CT molecular complexity index is 1100. The van der Waals surface area contributed by atoms with E-state index in [4.69, 9.17) is 0 Å². The Labute approximate surface area is 203 Å². The molecule has 180 valence electrons. The van der Waals surface area contributed by atoms with Crippen LogP contribution in [0, 0.1) is 11.6 Å². The Hall–Kier alpha value is -2.46. The molecular formula is C30H36F2OSi. The summed E-state index contributed by atoms with van der Waals surface area (Å²) >= 11 is 0. The first-order valence-electron chi connectivity index (χ1n) is 12.7. The largest absolute Gasteiger partial charge is 0.508 e. The van der Waals surface area contributed by atoms with Crippen molar-refractivity contribution in [3.05, 3.63) is 77.9 Å². The van der Waals surface area contributed by atoms with E-state index in [1.165, 1.54) is 18.9 Å². The van der Waals surface area contributed by atoms with Gasteiger partial charge in [0.2, 0.25) is 0 Å². The average Bonchev–Trinajstić information content (AvgIpc) is 2.85. The number of unbranched alkanes of at least 4 members (excludes halogenated alkanes) is 1. The molecule has 1 aliphatic carbocycles. The van der Waals surface area contributed by atoms with Gasteiger partial charge in [-0.3, -0.25) is 0 Å². The summed E-state index contributed by atoms with van der Waals surface area (Å²) in [7, 11) is -1.24. The van der Waals surface area contributed by atoms with Crippen LogP contribution in [0.25, 0.3) is 22.3 Å². The van der Waals surface area contributed by atoms with Crippen molar-refractivity contribution in [1.82, 2.24) is 0 Å². The monoisotopic (exact) mass is 478 g/mol. The van der Waals surface area contributed by atoms with Crippen molar-refractivity contribution in [2.45, 2.75) is 76.0 Å². The first-order valence-corrected chi connectivity index (χ1v) is 16.0. The van der Waals surface area contributed by atoms with Crippen molar-refractivity contribution >= 4 is 8.07 Å². The maximum atomic E-state index is 15.2. The van der Waals surface area contributed by atoms with Crippen LogP contribution in [-0.2, 0) is 0 Å². The zero-order valence-corrected chi connectivity index (χ0v) is 21.6. The lowest BCUT2D eigenvalue weighted by Gasteiger charge is -2.38. The maximum Gasteiger partial charge on any atom is 0.166 e. The van der Waals surface area contributed by atoms with Crippen LogP contribution in [0.5, 0.6) is 5.75 Å². The number of rotatable bonds is 7. The van der Waals surface area contributed by atoms with Gasteiger partial charge >= 0.3 is 0 Å². The van der Waals surface area contributed by atoms with E-state index in [-0.39, 0.29) is 11.7 Å². The van der Waals surface area contributed by atoms with Crippen molar-refractivity contribution in [3.8, 4) is 28.0 Å². The third-order valence-electron chi connectivity index (χ3n) is 7.96. The number of phenols is 1. The van der Waals surface area contributed by atoms with Crippen molar-refractivity contribution in [1.29, 1.82) is 0 Å². The van der Waals surface area contributed by atoms with E-state index in [1.807, 2.05) is 42.5 Å². The van der Waals surface area contributed by atoms with E-state index < -0.39 is 19.7 Å². The van der Waals surface area contributed by atoms with Gasteiger partial charge in [0, 0.05) is 5.56 Å². The first kappa shape index (κ1) is 24.7. The molecule has 0 aromatic heterocycles. The Kier molecular flexibility index (Phi) is 7.56. The molecular weight excluding hydrogens is 442 g/mol. The second-order valence-electron chi connectivity index (χ2n) is 10.6. The Morgan fingerprint density at radius 2 is 1.32 bits per heavy atom. The van der Waals surface area contributed by atoms with E-state index in [9.17, 15) is 5.11 Å². The van der Waals surface area contributed by atoms with E-state index >= 15 is 8.78 Å². The van der Waals surface area contributed by atoms with Gasteiger partial charge in [-0.25, -0.2) is 8.78 Å². The molecule has 0 saturated heterocycles. The van der Waals surface area contributed by atoms with Crippen LogP contribution in [0.1, 0.15) is 56.9 Å². The van der Waals surface area contributed by atoms with Crippen LogP contribution < -0.4 is 0 Å². The summed E-state index contributed by atoms with van der Waals surface area (Å²) in [5.41, 5.74) is 4.24. The minimum atomic E-state index is -1.24. The lowest BCUT2D eigenvalue weighted by molar-refractivity contribution is 0.411. The topological polar surface area (TPSA) is 20.2 Å². The fraction of sp³-hybridized carbons (Fsp3) is 0.400. The van der Waals surface area contributed by atoms with Crippen LogP contribution in [0.4, 0.5) is 8.78 Å². The van der Waals surface area contributed by atoms with E-state index in [0.29, 0.717) is 16.7 Å². The molecule has 1 saturated carbocycles. The van der Waals surface area contributed by atoms with Crippen LogP contribution in [-0.4, -0.2) is 13.2 Å². The Balaban J connectivity index is 1.48. The zero-order valence-electron chi connectivity index (χ0n) is 20.6. The van der Waals surface area contributed by atoms with Crippen LogP contribution in [0.15, 0.2) is 60.7 Å². The number of hydrogen-bond acceptors (Lipinski definition) is 1. The molecule has 3 aromatic rings. The molecule has 4 heteroatoms. The number of phenolic OH excluding ortho intramolecular Hbond substituents is 1. The van der Waals surface area contributed by atoms with Crippen molar-refractivity contribution < 1.29 is 13.9 Å². The highest BCUT2D eigenvalue weighted by Gasteiger charge is 2.35. The van der Waals surface area contributed by atoms with Crippen molar-refractivity contribution in [2.75, 3.05) is 0 Å². The quantitative estimate of drug-likeness (QED) is 0.335. The molecule has 0 atom stereocenters. The number of hydrogen-bond donors (Lipinski definition) is 1. The summed E-state index contributed by atoms with van der Waals surface area (Å²) in [6.45, 7) is 7.28. The minimum absolute atomic E-state index is 0.118. The zero-order chi connectivity index (χ0) is 24.3. The molecule has 1 aliphatic rings. The van der Waals surface area contributed by atoms with Gasteiger partial charge in [-0.1, -0.05) is 100 Å². The summed E-state index contributed by atoms with van der Waals surface area (Å²) in [5, 5.41) is 9.47. The molecule has 1 N–H and O–H groups in total.